The molecule has 0 aromatic rings. The van der Waals surface area contributed by atoms with Crippen LogP contribution in [0.1, 0.15) is 47.5 Å². The Labute approximate surface area is 82.7 Å². The molecule has 0 aliphatic carbocycles. The number of aliphatic hydroxyl groups excluding tert-OH is 1. The third-order valence-corrected chi connectivity index (χ3v) is 2.83. The molecule has 2 N–H and O–H groups in total. The van der Waals surface area contributed by atoms with E-state index >= 15 is 0 Å². The third kappa shape index (κ3) is 4.63. The molecule has 0 aromatic carbocycles. The Kier molecular flexibility index (Phi) is 4.93. The van der Waals surface area contributed by atoms with E-state index in [0.29, 0.717) is 0 Å². The van der Waals surface area contributed by atoms with Crippen LogP contribution in [0.3, 0.4) is 0 Å². The van der Waals surface area contributed by atoms with Crippen LogP contribution < -0.4 is 5.32 Å². The summed E-state index contributed by atoms with van der Waals surface area (Å²) in [4.78, 5) is 0. The van der Waals surface area contributed by atoms with Gasteiger partial charge in [0, 0.05) is 24.1 Å². The van der Waals surface area contributed by atoms with Crippen molar-refractivity contribution in [2.75, 3.05) is 13.2 Å². The summed E-state index contributed by atoms with van der Waals surface area (Å²) in [5, 5.41) is 12.8. The second kappa shape index (κ2) is 4.97. The van der Waals surface area contributed by atoms with E-state index in [0.717, 1.165) is 19.4 Å². The van der Waals surface area contributed by atoms with Gasteiger partial charge in [-0.1, -0.05) is 13.8 Å². The minimum absolute atomic E-state index is 0.0767. The van der Waals surface area contributed by atoms with E-state index in [9.17, 15) is 5.11 Å². The Balaban J connectivity index is 4.11. The smallest absolute Gasteiger partial charge is 0.0499 e. The molecule has 2 heteroatoms. The predicted octanol–water partition coefficient (Wildman–Crippen LogP) is 2.17. The van der Waals surface area contributed by atoms with Gasteiger partial charge in [0.2, 0.25) is 0 Å². The first-order chi connectivity index (χ1) is 5.89. The van der Waals surface area contributed by atoms with Gasteiger partial charge in [0.25, 0.3) is 0 Å². The van der Waals surface area contributed by atoms with Crippen LogP contribution >= 0.6 is 0 Å². The van der Waals surface area contributed by atoms with Gasteiger partial charge in [0.1, 0.15) is 0 Å². The lowest BCUT2D eigenvalue weighted by Crippen LogP contribution is -2.45. The summed E-state index contributed by atoms with van der Waals surface area (Å²) < 4.78 is 0. The lowest BCUT2D eigenvalue weighted by Gasteiger charge is -2.33. The van der Waals surface area contributed by atoms with Gasteiger partial charge in [0.15, 0.2) is 0 Å². The molecule has 0 aromatic heterocycles. The standard InChI is InChI=1S/C11H25NO/c1-6-11(7-2,9-13)8-12-10(3,4)5/h12-13H,6-9H2,1-5H3. The summed E-state index contributed by atoms with van der Waals surface area (Å²) in [5.74, 6) is 0. The Morgan fingerprint density at radius 2 is 1.54 bits per heavy atom. The van der Waals surface area contributed by atoms with E-state index in [1.54, 1.807) is 0 Å². The van der Waals surface area contributed by atoms with Crippen LogP contribution in [0.4, 0.5) is 0 Å². The molecule has 13 heavy (non-hydrogen) atoms. The van der Waals surface area contributed by atoms with Crippen molar-refractivity contribution in [3.8, 4) is 0 Å². The lowest BCUT2D eigenvalue weighted by molar-refractivity contribution is 0.105. The van der Waals surface area contributed by atoms with Crippen molar-refractivity contribution in [3.63, 3.8) is 0 Å². The highest BCUT2D eigenvalue weighted by Crippen LogP contribution is 2.25. The van der Waals surface area contributed by atoms with Crippen LogP contribution in [-0.4, -0.2) is 23.8 Å². The second-order valence-corrected chi connectivity index (χ2v) is 4.97. The van der Waals surface area contributed by atoms with E-state index in [4.69, 9.17) is 0 Å². The van der Waals surface area contributed by atoms with Crippen LogP contribution in [0.2, 0.25) is 0 Å². The molecule has 0 rings (SSSR count). The van der Waals surface area contributed by atoms with Crippen molar-refractivity contribution in [1.82, 2.24) is 5.32 Å². The minimum atomic E-state index is 0.0767. The summed E-state index contributed by atoms with van der Waals surface area (Å²) in [7, 11) is 0. The third-order valence-electron chi connectivity index (χ3n) is 2.83. The first kappa shape index (κ1) is 12.9. The topological polar surface area (TPSA) is 32.3 Å². The van der Waals surface area contributed by atoms with Crippen LogP contribution in [0, 0.1) is 5.41 Å². The summed E-state index contributed by atoms with van der Waals surface area (Å²) >= 11 is 0. The summed E-state index contributed by atoms with van der Waals surface area (Å²) in [6.45, 7) is 11.9. The van der Waals surface area contributed by atoms with E-state index in [1.165, 1.54) is 0 Å². The summed E-state index contributed by atoms with van der Waals surface area (Å²) in [5.41, 5.74) is 0.220. The molecule has 0 fully saturated rings. The molecule has 0 aliphatic heterocycles. The number of nitrogens with one attached hydrogen (secondary N) is 1. The first-order valence-electron chi connectivity index (χ1n) is 5.25. The van der Waals surface area contributed by atoms with Crippen LogP contribution in [0.5, 0.6) is 0 Å². The fourth-order valence-electron chi connectivity index (χ4n) is 1.23. The molecule has 0 saturated carbocycles. The van der Waals surface area contributed by atoms with Crippen molar-refractivity contribution < 1.29 is 5.11 Å². The highest BCUT2D eigenvalue weighted by molar-refractivity contribution is 4.82. The fraction of sp³-hybridized carbons (Fsp3) is 1.00. The molecule has 0 heterocycles. The van der Waals surface area contributed by atoms with Crippen LogP contribution in [0.25, 0.3) is 0 Å². The van der Waals surface area contributed by atoms with Crippen molar-refractivity contribution in [1.29, 1.82) is 0 Å². The largest absolute Gasteiger partial charge is 0.396 e. The highest BCUT2D eigenvalue weighted by Gasteiger charge is 2.26. The van der Waals surface area contributed by atoms with Crippen molar-refractivity contribution in [2.45, 2.75) is 53.0 Å². The Bertz CT molecular complexity index is 125. The quantitative estimate of drug-likeness (QED) is 0.691. The lowest BCUT2D eigenvalue weighted by atomic mass is 9.82. The average molecular weight is 187 g/mol. The normalized spacial score (nSPS) is 13.4. The van der Waals surface area contributed by atoms with Gasteiger partial charge in [-0.3, -0.25) is 0 Å². The van der Waals surface area contributed by atoms with Crippen LogP contribution in [-0.2, 0) is 0 Å². The molecule has 0 amide bonds. The fourth-order valence-corrected chi connectivity index (χ4v) is 1.23. The van der Waals surface area contributed by atoms with Crippen molar-refractivity contribution >= 4 is 0 Å². The Morgan fingerprint density at radius 3 is 1.77 bits per heavy atom. The molecule has 0 atom stereocenters. The minimum Gasteiger partial charge on any atom is -0.396 e. The number of rotatable bonds is 5. The molecule has 0 aliphatic rings. The molecule has 2 nitrogen and oxygen atoms in total. The number of hydrogen-bond acceptors (Lipinski definition) is 2. The highest BCUT2D eigenvalue weighted by atomic mass is 16.3. The van der Waals surface area contributed by atoms with Gasteiger partial charge < -0.3 is 10.4 Å². The van der Waals surface area contributed by atoms with E-state index in [1.807, 2.05) is 0 Å². The van der Waals surface area contributed by atoms with Gasteiger partial charge in [0.05, 0.1) is 0 Å². The molecule has 0 saturated heterocycles. The zero-order chi connectivity index (χ0) is 10.5. The van der Waals surface area contributed by atoms with Gasteiger partial charge in [-0.05, 0) is 33.6 Å². The molecule has 0 unspecified atom stereocenters. The van der Waals surface area contributed by atoms with Gasteiger partial charge in [-0.2, -0.15) is 0 Å². The van der Waals surface area contributed by atoms with Crippen LogP contribution in [0.15, 0.2) is 0 Å². The van der Waals surface area contributed by atoms with Gasteiger partial charge in [-0.15, -0.1) is 0 Å². The maximum Gasteiger partial charge on any atom is 0.0499 e. The zero-order valence-corrected chi connectivity index (χ0v) is 9.78. The maximum absolute atomic E-state index is 9.33. The molecular weight excluding hydrogens is 162 g/mol. The Morgan fingerprint density at radius 1 is 1.08 bits per heavy atom. The SMILES string of the molecule is CCC(CC)(CO)CNC(C)(C)C. The molecule has 0 spiro atoms. The monoisotopic (exact) mass is 187 g/mol. The van der Waals surface area contributed by atoms with Gasteiger partial charge in [-0.25, -0.2) is 0 Å². The average Bonchev–Trinajstić information content (AvgIpc) is 2.06. The number of aliphatic hydroxyl groups is 1. The van der Waals surface area contributed by atoms with Crippen molar-refractivity contribution in [3.05, 3.63) is 0 Å². The summed E-state index contributed by atoms with van der Waals surface area (Å²) in [6, 6.07) is 0. The second-order valence-electron chi connectivity index (χ2n) is 4.97. The van der Waals surface area contributed by atoms with E-state index in [2.05, 4.69) is 39.9 Å². The maximum atomic E-state index is 9.33. The molecule has 0 bridgehead atoms. The Hall–Kier alpha value is -0.0800. The zero-order valence-electron chi connectivity index (χ0n) is 9.78. The van der Waals surface area contributed by atoms with Crippen molar-refractivity contribution in [2.24, 2.45) is 5.41 Å². The van der Waals surface area contributed by atoms with E-state index in [-0.39, 0.29) is 17.6 Å². The van der Waals surface area contributed by atoms with E-state index < -0.39 is 0 Å². The first-order valence-corrected chi connectivity index (χ1v) is 5.25. The molecule has 0 radical (unpaired) electrons. The summed E-state index contributed by atoms with van der Waals surface area (Å²) in [6.07, 6.45) is 2.06. The molecule has 80 valence electrons. The predicted molar refractivity (Wildman–Crippen MR) is 57.9 cm³/mol. The molecular formula is C11H25NO. The number of hydrogen-bond donors (Lipinski definition) is 2. The van der Waals surface area contributed by atoms with Gasteiger partial charge >= 0.3 is 0 Å².